The van der Waals surface area contributed by atoms with E-state index in [0.29, 0.717) is 6.42 Å². The Hall–Kier alpha value is -2.04. The van der Waals surface area contributed by atoms with Gasteiger partial charge in [-0.2, -0.15) is 0 Å². The van der Waals surface area contributed by atoms with Gasteiger partial charge in [0.15, 0.2) is 0 Å². The highest BCUT2D eigenvalue weighted by atomic mass is 16.5. The largest absolute Gasteiger partial charge is 0.497 e. The fourth-order valence-electron chi connectivity index (χ4n) is 2.36. The van der Waals surface area contributed by atoms with E-state index in [1.165, 1.54) is 5.56 Å². The molecule has 21 heavy (non-hydrogen) atoms. The number of aliphatic carboxylic acids is 1. The average Bonchev–Trinajstić information content (AvgIpc) is 3.26. The van der Waals surface area contributed by atoms with E-state index in [1.54, 1.807) is 7.11 Å². The molecule has 2 N–H and O–H groups in total. The van der Waals surface area contributed by atoms with Crippen LogP contribution < -0.4 is 10.1 Å². The predicted octanol–water partition coefficient (Wildman–Crippen LogP) is 1.85. The molecule has 1 fully saturated rings. The van der Waals surface area contributed by atoms with Crippen molar-refractivity contribution in [1.82, 2.24) is 5.32 Å². The molecule has 0 radical (unpaired) electrons. The molecule has 1 amide bonds. The molecule has 1 saturated carbocycles. The number of rotatable bonds is 7. The first kappa shape index (κ1) is 15.4. The zero-order valence-electron chi connectivity index (χ0n) is 12.3. The molecular formula is C16H21NO4. The van der Waals surface area contributed by atoms with E-state index in [-0.39, 0.29) is 17.9 Å². The first-order valence-corrected chi connectivity index (χ1v) is 7.17. The van der Waals surface area contributed by atoms with Crippen molar-refractivity contribution in [1.29, 1.82) is 0 Å². The number of carboxylic acids is 1. The summed E-state index contributed by atoms with van der Waals surface area (Å²) in [5.41, 5.74) is 1.19. The SMILES string of the molecule is COc1ccc(CCC(C)NC(=O)C2CC2C(=O)O)cc1. The van der Waals surface area contributed by atoms with Crippen LogP contribution in [0.4, 0.5) is 0 Å². The third-order valence-electron chi connectivity index (χ3n) is 3.86. The number of benzene rings is 1. The lowest BCUT2D eigenvalue weighted by atomic mass is 10.1. The highest BCUT2D eigenvalue weighted by molar-refractivity contribution is 5.89. The lowest BCUT2D eigenvalue weighted by Gasteiger charge is -2.14. The van der Waals surface area contributed by atoms with Gasteiger partial charge in [0.1, 0.15) is 5.75 Å². The summed E-state index contributed by atoms with van der Waals surface area (Å²) in [6.45, 7) is 1.94. The van der Waals surface area contributed by atoms with Crippen molar-refractivity contribution in [3.05, 3.63) is 29.8 Å². The van der Waals surface area contributed by atoms with Gasteiger partial charge in [0, 0.05) is 6.04 Å². The summed E-state index contributed by atoms with van der Waals surface area (Å²) in [5, 5.41) is 11.7. The van der Waals surface area contributed by atoms with Crippen LogP contribution in [0.2, 0.25) is 0 Å². The molecular weight excluding hydrogens is 270 g/mol. The summed E-state index contributed by atoms with van der Waals surface area (Å²) in [6, 6.07) is 7.89. The summed E-state index contributed by atoms with van der Waals surface area (Å²) < 4.78 is 5.11. The van der Waals surface area contributed by atoms with Crippen LogP contribution in [0.15, 0.2) is 24.3 Å². The number of hydrogen-bond acceptors (Lipinski definition) is 3. The Morgan fingerprint density at radius 2 is 2.00 bits per heavy atom. The zero-order chi connectivity index (χ0) is 15.4. The van der Waals surface area contributed by atoms with Crippen LogP contribution in [0, 0.1) is 11.8 Å². The minimum atomic E-state index is -0.874. The Balaban J connectivity index is 1.73. The summed E-state index contributed by atoms with van der Waals surface area (Å²) in [6.07, 6.45) is 2.15. The minimum Gasteiger partial charge on any atom is -0.497 e. The van der Waals surface area contributed by atoms with Crippen molar-refractivity contribution in [2.24, 2.45) is 11.8 Å². The van der Waals surface area contributed by atoms with Crippen LogP contribution in [0.1, 0.15) is 25.3 Å². The van der Waals surface area contributed by atoms with Gasteiger partial charge < -0.3 is 15.2 Å². The maximum absolute atomic E-state index is 11.8. The maximum Gasteiger partial charge on any atom is 0.307 e. The molecule has 0 aliphatic heterocycles. The van der Waals surface area contributed by atoms with E-state index in [2.05, 4.69) is 5.32 Å². The molecule has 0 saturated heterocycles. The Labute approximate surface area is 124 Å². The number of nitrogens with one attached hydrogen (secondary N) is 1. The molecule has 0 bridgehead atoms. The van der Waals surface area contributed by atoms with Gasteiger partial charge in [-0.05, 0) is 43.9 Å². The van der Waals surface area contributed by atoms with Crippen molar-refractivity contribution >= 4 is 11.9 Å². The molecule has 3 unspecified atom stereocenters. The highest BCUT2D eigenvalue weighted by Gasteiger charge is 2.48. The van der Waals surface area contributed by atoms with Gasteiger partial charge in [0.2, 0.25) is 5.91 Å². The standard InChI is InChI=1S/C16H21NO4/c1-10(17-15(18)13-9-14(13)16(19)20)3-4-11-5-7-12(21-2)8-6-11/h5-8,10,13-14H,3-4,9H2,1-2H3,(H,17,18)(H,19,20). The van der Waals surface area contributed by atoms with Gasteiger partial charge in [-0.1, -0.05) is 12.1 Å². The van der Waals surface area contributed by atoms with Crippen LogP contribution in [0.3, 0.4) is 0 Å². The maximum atomic E-state index is 11.8. The van der Waals surface area contributed by atoms with Crippen LogP contribution in [0.25, 0.3) is 0 Å². The number of amides is 1. The predicted molar refractivity (Wildman–Crippen MR) is 78.2 cm³/mol. The number of carbonyl (C=O) groups is 2. The highest BCUT2D eigenvalue weighted by Crippen LogP contribution is 2.38. The Morgan fingerprint density at radius 3 is 2.52 bits per heavy atom. The topological polar surface area (TPSA) is 75.6 Å². The second-order valence-corrected chi connectivity index (χ2v) is 5.58. The first-order valence-electron chi connectivity index (χ1n) is 7.17. The van der Waals surface area contributed by atoms with Crippen molar-refractivity contribution < 1.29 is 19.4 Å². The summed E-state index contributed by atoms with van der Waals surface area (Å²) in [5.74, 6) is -1.01. The Morgan fingerprint density at radius 1 is 1.33 bits per heavy atom. The van der Waals surface area contributed by atoms with Crippen LogP contribution in [-0.2, 0) is 16.0 Å². The monoisotopic (exact) mass is 291 g/mol. The number of carbonyl (C=O) groups excluding carboxylic acids is 1. The molecule has 3 atom stereocenters. The van der Waals surface area contributed by atoms with Crippen molar-refractivity contribution in [3.8, 4) is 5.75 Å². The van der Waals surface area contributed by atoms with Gasteiger partial charge in [0.25, 0.3) is 0 Å². The quantitative estimate of drug-likeness (QED) is 0.804. The minimum absolute atomic E-state index is 0.0367. The van der Waals surface area contributed by atoms with Crippen LogP contribution >= 0.6 is 0 Å². The normalized spacial score (nSPS) is 21.4. The summed E-state index contributed by atoms with van der Waals surface area (Å²) in [4.78, 5) is 22.6. The fraction of sp³-hybridized carbons (Fsp3) is 0.500. The Bertz CT molecular complexity index is 512. The van der Waals surface area contributed by atoms with Gasteiger partial charge >= 0.3 is 5.97 Å². The second kappa shape index (κ2) is 6.61. The number of methoxy groups -OCH3 is 1. The fourth-order valence-corrected chi connectivity index (χ4v) is 2.36. The number of carboxylic acid groups (broad SMARTS) is 1. The number of hydrogen-bond donors (Lipinski definition) is 2. The molecule has 1 aromatic rings. The smallest absolute Gasteiger partial charge is 0.307 e. The van der Waals surface area contributed by atoms with E-state index in [4.69, 9.17) is 9.84 Å². The van der Waals surface area contributed by atoms with Crippen molar-refractivity contribution in [2.75, 3.05) is 7.11 Å². The van der Waals surface area contributed by atoms with Crippen molar-refractivity contribution in [3.63, 3.8) is 0 Å². The van der Waals surface area contributed by atoms with E-state index in [1.807, 2.05) is 31.2 Å². The van der Waals surface area contributed by atoms with Gasteiger partial charge in [-0.15, -0.1) is 0 Å². The zero-order valence-corrected chi connectivity index (χ0v) is 12.3. The van der Waals surface area contributed by atoms with Gasteiger partial charge in [0.05, 0.1) is 18.9 Å². The molecule has 114 valence electrons. The average molecular weight is 291 g/mol. The second-order valence-electron chi connectivity index (χ2n) is 5.58. The lowest BCUT2D eigenvalue weighted by Crippen LogP contribution is -2.34. The van der Waals surface area contributed by atoms with E-state index >= 15 is 0 Å². The van der Waals surface area contributed by atoms with Crippen LogP contribution in [-0.4, -0.2) is 30.1 Å². The molecule has 2 rings (SSSR count). The molecule has 1 aromatic carbocycles. The van der Waals surface area contributed by atoms with E-state index in [9.17, 15) is 9.59 Å². The molecule has 5 heteroatoms. The third kappa shape index (κ3) is 4.21. The Kier molecular flexibility index (Phi) is 4.83. The molecule has 5 nitrogen and oxygen atoms in total. The number of ether oxygens (including phenoxy) is 1. The van der Waals surface area contributed by atoms with Gasteiger partial charge in [-0.25, -0.2) is 0 Å². The number of aryl methyl sites for hydroxylation is 1. The molecule has 0 heterocycles. The lowest BCUT2D eigenvalue weighted by molar-refractivity contribution is -0.140. The molecule has 1 aliphatic rings. The molecule has 0 spiro atoms. The molecule has 1 aliphatic carbocycles. The first-order chi connectivity index (χ1) is 10.0. The molecule has 0 aromatic heterocycles. The van der Waals surface area contributed by atoms with E-state index < -0.39 is 11.9 Å². The summed E-state index contributed by atoms with van der Waals surface area (Å²) in [7, 11) is 1.63. The van der Waals surface area contributed by atoms with Gasteiger partial charge in [-0.3, -0.25) is 9.59 Å². The third-order valence-corrected chi connectivity index (χ3v) is 3.86. The van der Waals surface area contributed by atoms with E-state index in [0.717, 1.165) is 18.6 Å². The van der Waals surface area contributed by atoms with Crippen LogP contribution in [0.5, 0.6) is 5.75 Å². The van der Waals surface area contributed by atoms with Crippen molar-refractivity contribution in [2.45, 2.75) is 32.2 Å². The summed E-state index contributed by atoms with van der Waals surface area (Å²) >= 11 is 0.